The monoisotopic (exact) mass is 365 g/mol. The van der Waals surface area contributed by atoms with Gasteiger partial charge >= 0.3 is 0 Å². The Bertz CT molecular complexity index is 366. The Hall–Kier alpha value is -0.160. The van der Waals surface area contributed by atoms with Gasteiger partial charge in [0.2, 0.25) is 0 Å². The molecule has 0 bridgehead atoms. The Labute approximate surface area is 161 Å². The molecule has 0 heterocycles. The second-order valence-electron chi connectivity index (χ2n) is 8.99. The van der Waals surface area contributed by atoms with Gasteiger partial charge in [0.1, 0.15) is 0 Å². The highest BCUT2D eigenvalue weighted by Gasteiger charge is 2.33. The molecule has 0 spiro atoms. The van der Waals surface area contributed by atoms with Gasteiger partial charge in [0, 0.05) is 44.3 Å². The highest BCUT2D eigenvalue weighted by Crippen LogP contribution is 2.30. The SMILES string of the molecule is O[C@@H]1CCCC[C@H]1N(CCNCCNC1CCCCC1)C1CCCCC1. The van der Waals surface area contributed by atoms with Gasteiger partial charge in [-0.1, -0.05) is 51.4 Å². The lowest BCUT2D eigenvalue weighted by Gasteiger charge is -2.43. The summed E-state index contributed by atoms with van der Waals surface area (Å²) in [5.41, 5.74) is 0. The molecule has 4 heteroatoms. The van der Waals surface area contributed by atoms with Gasteiger partial charge in [-0.05, 0) is 38.5 Å². The van der Waals surface area contributed by atoms with E-state index in [1.165, 1.54) is 83.5 Å². The van der Waals surface area contributed by atoms with Gasteiger partial charge in [-0.3, -0.25) is 4.90 Å². The molecule has 2 atom stereocenters. The van der Waals surface area contributed by atoms with Crippen LogP contribution in [0.1, 0.15) is 89.9 Å². The molecule has 3 saturated carbocycles. The molecule has 0 aromatic rings. The van der Waals surface area contributed by atoms with Crippen LogP contribution in [0, 0.1) is 0 Å². The van der Waals surface area contributed by atoms with Gasteiger partial charge in [0.25, 0.3) is 0 Å². The van der Waals surface area contributed by atoms with Crippen molar-refractivity contribution in [3.8, 4) is 0 Å². The second kappa shape index (κ2) is 11.6. The van der Waals surface area contributed by atoms with Crippen LogP contribution in [-0.4, -0.2) is 60.4 Å². The lowest BCUT2D eigenvalue weighted by molar-refractivity contribution is -0.00934. The van der Waals surface area contributed by atoms with Crippen molar-refractivity contribution in [2.24, 2.45) is 0 Å². The number of aliphatic hydroxyl groups is 1. The lowest BCUT2D eigenvalue weighted by atomic mass is 9.87. The van der Waals surface area contributed by atoms with E-state index < -0.39 is 0 Å². The topological polar surface area (TPSA) is 47.5 Å². The molecule has 3 aliphatic rings. The van der Waals surface area contributed by atoms with Gasteiger partial charge in [0.15, 0.2) is 0 Å². The third-order valence-corrected chi connectivity index (χ3v) is 7.05. The Kier molecular flexibility index (Phi) is 9.20. The first-order valence-electron chi connectivity index (χ1n) is 11.7. The maximum atomic E-state index is 10.6. The van der Waals surface area contributed by atoms with E-state index in [1.807, 2.05) is 0 Å². The van der Waals surface area contributed by atoms with Crippen molar-refractivity contribution in [1.82, 2.24) is 15.5 Å². The van der Waals surface area contributed by atoms with Gasteiger partial charge in [0.05, 0.1) is 6.10 Å². The number of aliphatic hydroxyl groups excluding tert-OH is 1. The van der Waals surface area contributed by atoms with Crippen molar-refractivity contribution >= 4 is 0 Å². The molecule has 26 heavy (non-hydrogen) atoms. The standard InChI is InChI=1S/C22H43N3O/c26-22-14-8-7-13-21(22)25(20-11-5-2-6-12-20)18-17-23-15-16-24-19-9-3-1-4-10-19/h19-24,26H,1-18H2/t21-,22-/m1/s1. The summed E-state index contributed by atoms with van der Waals surface area (Å²) in [6, 6.07) is 1.89. The lowest BCUT2D eigenvalue weighted by Crippen LogP contribution is -2.53. The Morgan fingerprint density at radius 1 is 0.692 bits per heavy atom. The predicted molar refractivity (Wildman–Crippen MR) is 110 cm³/mol. The number of hydrogen-bond donors (Lipinski definition) is 3. The number of nitrogens with zero attached hydrogens (tertiary/aromatic N) is 1. The Morgan fingerprint density at radius 2 is 1.35 bits per heavy atom. The maximum absolute atomic E-state index is 10.6. The molecule has 152 valence electrons. The summed E-state index contributed by atoms with van der Waals surface area (Å²) in [5, 5.41) is 18.0. The molecule has 3 rings (SSSR count). The summed E-state index contributed by atoms with van der Waals surface area (Å²) in [5.74, 6) is 0. The quantitative estimate of drug-likeness (QED) is 0.548. The molecule has 0 aromatic heterocycles. The van der Waals surface area contributed by atoms with E-state index in [9.17, 15) is 5.11 Å². The third kappa shape index (κ3) is 6.47. The van der Waals surface area contributed by atoms with Crippen LogP contribution in [0.4, 0.5) is 0 Å². The van der Waals surface area contributed by atoms with Gasteiger partial charge in [-0.25, -0.2) is 0 Å². The molecule has 4 nitrogen and oxygen atoms in total. The molecule has 0 saturated heterocycles. The van der Waals surface area contributed by atoms with Gasteiger partial charge in [-0.2, -0.15) is 0 Å². The third-order valence-electron chi connectivity index (χ3n) is 7.05. The summed E-state index contributed by atoms with van der Waals surface area (Å²) in [6.45, 7) is 4.34. The molecular weight excluding hydrogens is 322 g/mol. The zero-order chi connectivity index (χ0) is 18.0. The van der Waals surface area contributed by atoms with E-state index in [-0.39, 0.29) is 6.10 Å². The number of rotatable bonds is 9. The van der Waals surface area contributed by atoms with E-state index in [0.717, 1.165) is 38.6 Å². The largest absolute Gasteiger partial charge is 0.391 e. The maximum Gasteiger partial charge on any atom is 0.0695 e. The van der Waals surface area contributed by atoms with E-state index in [2.05, 4.69) is 15.5 Å². The fourth-order valence-corrected chi connectivity index (χ4v) is 5.51. The van der Waals surface area contributed by atoms with E-state index in [4.69, 9.17) is 0 Å². The fourth-order valence-electron chi connectivity index (χ4n) is 5.51. The number of hydrogen-bond acceptors (Lipinski definition) is 4. The molecule has 3 N–H and O–H groups in total. The van der Waals surface area contributed by atoms with Crippen LogP contribution in [0.25, 0.3) is 0 Å². The minimum Gasteiger partial charge on any atom is -0.391 e. The highest BCUT2D eigenvalue weighted by molar-refractivity contribution is 4.88. The molecular formula is C22H43N3O. The zero-order valence-corrected chi connectivity index (χ0v) is 16.9. The van der Waals surface area contributed by atoms with Crippen LogP contribution in [0.3, 0.4) is 0 Å². The molecule has 3 fully saturated rings. The minimum atomic E-state index is -0.0985. The van der Waals surface area contributed by atoms with Gasteiger partial charge in [-0.15, -0.1) is 0 Å². The number of nitrogens with one attached hydrogen (secondary N) is 2. The first-order chi connectivity index (χ1) is 12.8. The van der Waals surface area contributed by atoms with Crippen LogP contribution in [0.15, 0.2) is 0 Å². The fraction of sp³-hybridized carbons (Fsp3) is 1.00. The average Bonchev–Trinajstić information content (AvgIpc) is 2.70. The first-order valence-corrected chi connectivity index (χ1v) is 11.7. The summed E-state index contributed by atoms with van der Waals surface area (Å²) in [7, 11) is 0. The summed E-state index contributed by atoms with van der Waals surface area (Å²) in [4.78, 5) is 2.70. The van der Waals surface area contributed by atoms with Crippen LogP contribution >= 0.6 is 0 Å². The summed E-state index contributed by atoms with van der Waals surface area (Å²) < 4.78 is 0. The van der Waals surface area contributed by atoms with Crippen LogP contribution in [-0.2, 0) is 0 Å². The molecule has 0 aliphatic heterocycles. The Morgan fingerprint density at radius 3 is 2.08 bits per heavy atom. The zero-order valence-electron chi connectivity index (χ0n) is 16.9. The summed E-state index contributed by atoms with van der Waals surface area (Å²) >= 11 is 0. The first kappa shape index (κ1) is 20.6. The molecule has 0 radical (unpaired) electrons. The van der Waals surface area contributed by atoms with Crippen LogP contribution < -0.4 is 10.6 Å². The van der Waals surface area contributed by atoms with Crippen molar-refractivity contribution in [2.75, 3.05) is 26.2 Å². The minimum absolute atomic E-state index is 0.0985. The van der Waals surface area contributed by atoms with Crippen molar-refractivity contribution in [2.45, 2.75) is 114 Å². The molecule has 0 aromatic carbocycles. The van der Waals surface area contributed by atoms with Crippen molar-refractivity contribution in [3.05, 3.63) is 0 Å². The second-order valence-corrected chi connectivity index (χ2v) is 8.99. The smallest absolute Gasteiger partial charge is 0.0695 e. The van der Waals surface area contributed by atoms with Crippen molar-refractivity contribution in [3.63, 3.8) is 0 Å². The van der Waals surface area contributed by atoms with Crippen LogP contribution in [0.5, 0.6) is 0 Å². The van der Waals surface area contributed by atoms with Crippen LogP contribution in [0.2, 0.25) is 0 Å². The Balaban J connectivity index is 1.37. The van der Waals surface area contributed by atoms with E-state index in [0.29, 0.717) is 12.1 Å². The van der Waals surface area contributed by atoms with Gasteiger partial charge < -0.3 is 15.7 Å². The molecule has 3 aliphatic carbocycles. The normalized spacial score (nSPS) is 29.3. The highest BCUT2D eigenvalue weighted by atomic mass is 16.3. The summed E-state index contributed by atoms with van der Waals surface area (Å²) in [6.07, 6.45) is 18.4. The predicted octanol–water partition coefficient (Wildman–Crippen LogP) is 3.44. The van der Waals surface area contributed by atoms with E-state index >= 15 is 0 Å². The van der Waals surface area contributed by atoms with Crippen molar-refractivity contribution < 1.29 is 5.11 Å². The average molecular weight is 366 g/mol. The van der Waals surface area contributed by atoms with Crippen molar-refractivity contribution in [1.29, 1.82) is 0 Å². The van der Waals surface area contributed by atoms with E-state index in [1.54, 1.807) is 0 Å². The molecule has 0 unspecified atom stereocenters. The molecule has 0 amide bonds.